The minimum absolute atomic E-state index is 0.0386. The number of rotatable bonds is 5. The molecule has 0 aromatic heterocycles. The Morgan fingerprint density at radius 2 is 1.80 bits per heavy atom. The van der Waals surface area contributed by atoms with Crippen LogP contribution in [-0.2, 0) is 19.6 Å². The zero-order chi connectivity index (χ0) is 19.3. The van der Waals surface area contributed by atoms with Crippen molar-refractivity contribution in [2.45, 2.75) is 31.2 Å². The average Bonchev–Trinajstić information content (AvgIpc) is 2.50. The molecule has 0 heterocycles. The molecule has 0 atom stereocenters. The number of amides is 3. The van der Waals surface area contributed by atoms with E-state index in [2.05, 4.69) is 10.0 Å². The Morgan fingerprint density at radius 3 is 2.36 bits per heavy atom. The van der Waals surface area contributed by atoms with Gasteiger partial charge >= 0.3 is 12.0 Å². The van der Waals surface area contributed by atoms with Crippen molar-refractivity contribution >= 4 is 27.9 Å². The topological polar surface area (TPSA) is 131 Å². The zero-order valence-electron chi connectivity index (χ0n) is 14.4. The molecule has 3 N–H and O–H groups in total. The summed E-state index contributed by atoms with van der Waals surface area (Å²) < 4.78 is 30.3. The van der Waals surface area contributed by atoms with Crippen LogP contribution >= 0.6 is 0 Å². The van der Waals surface area contributed by atoms with E-state index in [0.29, 0.717) is 0 Å². The van der Waals surface area contributed by atoms with Crippen LogP contribution < -0.4 is 15.4 Å². The third-order valence-corrected chi connectivity index (χ3v) is 4.14. The van der Waals surface area contributed by atoms with Crippen LogP contribution in [-0.4, -0.2) is 45.5 Å². The van der Waals surface area contributed by atoms with Crippen molar-refractivity contribution in [2.75, 3.05) is 13.7 Å². The normalized spacial score (nSPS) is 11.5. The van der Waals surface area contributed by atoms with Gasteiger partial charge in [0.25, 0.3) is 5.91 Å². The summed E-state index contributed by atoms with van der Waals surface area (Å²) in [6.45, 7) is 4.54. The summed E-state index contributed by atoms with van der Waals surface area (Å²) in [5, 5.41) is 4.53. The first-order chi connectivity index (χ1) is 11.4. The fourth-order valence-electron chi connectivity index (χ4n) is 1.66. The highest BCUT2D eigenvalue weighted by molar-refractivity contribution is 7.89. The van der Waals surface area contributed by atoms with E-state index in [1.54, 1.807) is 20.8 Å². The van der Waals surface area contributed by atoms with Gasteiger partial charge < -0.3 is 10.1 Å². The molecular weight excluding hydrogens is 350 g/mol. The number of benzene rings is 1. The minimum Gasteiger partial charge on any atom is -0.452 e. The zero-order valence-corrected chi connectivity index (χ0v) is 15.2. The van der Waals surface area contributed by atoms with Gasteiger partial charge in [-0.25, -0.2) is 22.7 Å². The van der Waals surface area contributed by atoms with Crippen molar-refractivity contribution in [1.29, 1.82) is 0 Å². The number of hydrogen-bond donors (Lipinski definition) is 3. The Balaban J connectivity index is 2.64. The van der Waals surface area contributed by atoms with Gasteiger partial charge in [-0.3, -0.25) is 10.1 Å². The maximum atomic E-state index is 11.9. The smallest absolute Gasteiger partial charge is 0.338 e. The van der Waals surface area contributed by atoms with Crippen LogP contribution in [0.4, 0.5) is 4.79 Å². The van der Waals surface area contributed by atoms with Crippen molar-refractivity contribution in [3.8, 4) is 0 Å². The Kier molecular flexibility index (Phi) is 6.65. The molecule has 0 saturated carbocycles. The van der Waals surface area contributed by atoms with Crippen molar-refractivity contribution in [1.82, 2.24) is 15.4 Å². The quantitative estimate of drug-likeness (QED) is 0.641. The minimum atomic E-state index is -3.71. The predicted molar refractivity (Wildman–Crippen MR) is 89.4 cm³/mol. The Bertz CT molecular complexity index is 768. The molecule has 0 spiro atoms. The molecule has 0 radical (unpaired) electrons. The predicted octanol–water partition coefficient (Wildman–Crippen LogP) is 0.376. The first-order valence-electron chi connectivity index (χ1n) is 7.27. The van der Waals surface area contributed by atoms with Gasteiger partial charge in [0.2, 0.25) is 10.0 Å². The number of hydrogen-bond acceptors (Lipinski definition) is 6. The largest absolute Gasteiger partial charge is 0.452 e. The molecule has 1 aromatic carbocycles. The monoisotopic (exact) mass is 371 g/mol. The van der Waals surface area contributed by atoms with E-state index < -0.39 is 40.1 Å². The first-order valence-corrected chi connectivity index (χ1v) is 8.75. The molecule has 0 saturated heterocycles. The molecule has 0 bridgehead atoms. The van der Waals surface area contributed by atoms with Crippen LogP contribution in [0.5, 0.6) is 0 Å². The van der Waals surface area contributed by atoms with Crippen molar-refractivity contribution in [3.05, 3.63) is 29.8 Å². The van der Waals surface area contributed by atoms with Gasteiger partial charge in [-0.05, 0) is 46.0 Å². The van der Waals surface area contributed by atoms with E-state index in [1.165, 1.54) is 25.2 Å². The maximum Gasteiger partial charge on any atom is 0.338 e. The van der Waals surface area contributed by atoms with Crippen LogP contribution in [0.25, 0.3) is 0 Å². The number of nitrogens with one attached hydrogen (secondary N) is 3. The number of carbonyl (C=O) groups is 3. The van der Waals surface area contributed by atoms with E-state index in [-0.39, 0.29) is 10.5 Å². The van der Waals surface area contributed by atoms with Gasteiger partial charge in [0.1, 0.15) is 0 Å². The highest BCUT2D eigenvalue weighted by Crippen LogP contribution is 2.12. The standard InChI is InChI=1S/C15H21N3O6S/c1-15(2,3)18-14(21)17-12(19)9-24-13(20)10-6-5-7-11(8-10)25(22,23)16-4/h5-8,16H,9H2,1-4H3,(H2,17,18,19,21). The van der Waals surface area contributed by atoms with Crippen LogP contribution in [0.2, 0.25) is 0 Å². The summed E-state index contributed by atoms with van der Waals surface area (Å²) in [5.41, 5.74) is -0.566. The van der Waals surface area contributed by atoms with Crippen LogP contribution in [0.1, 0.15) is 31.1 Å². The van der Waals surface area contributed by atoms with Gasteiger partial charge in [-0.15, -0.1) is 0 Å². The fraction of sp³-hybridized carbons (Fsp3) is 0.400. The maximum absolute atomic E-state index is 11.9. The molecule has 0 fully saturated rings. The van der Waals surface area contributed by atoms with Crippen molar-refractivity contribution < 1.29 is 27.5 Å². The van der Waals surface area contributed by atoms with E-state index in [0.717, 1.165) is 6.07 Å². The lowest BCUT2D eigenvalue weighted by molar-refractivity contribution is -0.123. The first kappa shape index (κ1) is 20.6. The fourth-order valence-corrected chi connectivity index (χ4v) is 2.43. The summed E-state index contributed by atoms with van der Waals surface area (Å²) in [6.07, 6.45) is 0. The van der Waals surface area contributed by atoms with Gasteiger partial charge in [0, 0.05) is 5.54 Å². The Hall–Kier alpha value is -2.46. The second-order valence-corrected chi connectivity index (χ2v) is 7.95. The number of urea groups is 1. The lowest BCUT2D eigenvalue weighted by atomic mass is 10.1. The summed E-state index contributed by atoms with van der Waals surface area (Å²) in [6, 6.07) is 4.44. The van der Waals surface area contributed by atoms with E-state index >= 15 is 0 Å². The van der Waals surface area contributed by atoms with Gasteiger partial charge in [-0.1, -0.05) is 6.07 Å². The molecule has 3 amide bonds. The summed E-state index contributed by atoms with van der Waals surface area (Å²) in [5.74, 6) is -1.70. The number of esters is 1. The Labute approximate surface area is 146 Å². The molecule has 0 aliphatic rings. The SMILES string of the molecule is CNS(=O)(=O)c1cccc(C(=O)OCC(=O)NC(=O)NC(C)(C)C)c1. The molecular formula is C15H21N3O6S. The second-order valence-electron chi connectivity index (χ2n) is 6.06. The molecule has 0 unspecified atom stereocenters. The van der Waals surface area contributed by atoms with Crippen molar-refractivity contribution in [2.24, 2.45) is 0 Å². The molecule has 0 aliphatic carbocycles. The number of carbonyl (C=O) groups excluding carboxylic acids is 3. The van der Waals surface area contributed by atoms with E-state index in [4.69, 9.17) is 4.74 Å². The van der Waals surface area contributed by atoms with Crippen LogP contribution in [0.3, 0.4) is 0 Å². The van der Waals surface area contributed by atoms with E-state index in [1.807, 2.05) is 5.32 Å². The third-order valence-electron chi connectivity index (χ3n) is 2.72. The molecule has 138 valence electrons. The van der Waals surface area contributed by atoms with Crippen LogP contribution in [0, 0.1) is 0 Å². The summed E-state index contributed by atoms with van der Waals surface area (Å²) >= 11 is 0. The summed E-state index contributed by atoms with van der Waals surface area (Å²) in [4.78, 5) is 34.9. The number of imide groups is 1. The lowest BCUT2D eigenvalue weighted by Gasteiger charge is -2.20. The summed E-state index contributed by atoms with van der Waals surface area (Å²) in [7, 11) is -2.47. The van der Waals surface area contributed by atoms with Gasteiger partial charge in [0.05, 0.1) is 10.5 Å². The molecule has 1 aromatic rings. The number of sulfonamides is 1. The van der Waals surface area contributed by atoms with Crippen LogP contribution in [0.15, 0.2) is 29.2 Å². The van der Waals surface area contributed by atoms with Crippen molar-refractivity contribution in [3.63, 3.8) is 0 Å². The molecule has 1 rings (SSSR count). The number of ether oxygens (including phenoxy) is 1. The second kappa shape index (κ2) is 8.08. The Morgan fingerprint density at radius 1 is 1.16 bits per heavy atom. The average molecular weight is 371 g/mol. The molecule has 9 nitrogen and oxygen atoms in total. The lowest BCUT2D eigenvalue weighted by Crippen LogP contribution is -2.49. The molecule has 25 heavy (non-hydrogen) atoms. The van der Waals surface area contributed by atoms with E-state index in [9.17, 15) is 22.8 Å². The molecule has 10 heteroatoms. The highest BCUT2D eigenvalue weighted by atomic mass is 32.2. The third kappa shape index (κ3) is 6.89. The van der Waals surface area contributed by atoms with Gasteiger partial charge in [0.15, 0.2) is 6.61 Å². The highest BCUT2D eigenvalue weighted by Gasteiger charge is 2.18. The van der Waals surface area contributed by atoms with Gasteiger partial charge in [-0.2, -0.15) is 0 Å². The molecule has 0 aliphatic heterocycles.